The van der Waals surface area contributed by atoms with E-state index in [1.165, 1.54) is 0 Å². The Labute approximate surface area is 150 Å². The Bertz CT molecular complexity index is 1060. The van der Waals surface area contributed by atoms with E-state index in [0.717, 1.165) is 41.4 Å². The maximum atomic E-state index is 5.71. The third kappa shape index (κ3) is 2.81. The van der Waals surface area contributed by atoms with Crippen LogP contribution in [0.3, 0.4) is 0 Å². The predicted octanol–water partition coefficient (Wildman–Crippen LogP) is 3.26. The fourth-order valence-corrected chi connectivity index (χ4v) is 3.03. The first-order chi connectivity index (χ1) is 12.8. The first kappa shape index (κ1) is 15.1. The zero-order chi connectivity index (χ0) is 17.5. The van der Waals surface area contributed by atoms with Crippen molar-refractivity contribution in [2.75, 3.05) is 0 Å². The van der Waals surface area contributed by atoms with Crippen molar-refractivity contribution in [3.63, 3.8) is 0 Å². The molecule has 0 radical (unpaired) electrons. The van der Waals surface area contributed by atoms with Crippen molar-refractivity contribution < 1.29 is 4.42 Å². The second kappa shape index (κ2) is 5.94. The molecule has 1 aromatic carbocycles. The molecule has 1 aliphatic rings. The van der Waals surface area contributed by atoms with E-state index in [1.807, 2.05) is 40.8 Å². The summed E-state index contributed by atoms with van der Waals surface area (Å²) in [5, 5.41) is 12.9. The number of benzene rings is 1. The molecule has 0 spiro atoms. The molecule has 3 heterocycles. The summed E-state index contributed by atoms with van der Waals surface area (Å²) in [5.74, 6) is 2.77. The SMILES string of the molecule is Cn1ccnc1-c1cccc(-c2ccn(Cc3nnc(C4CC4)o3)n2)c1. The molecule has 1 saturated carbocycles. The van der Waals surface area contributed by atoms with Crippen molar-refractivity contribution in [2.45, 2.75) is 25.3 Å². The van der Waals surface area contributed by atoms with Crippen LogP contribution in [0, 0.1) is 0 Å². The topological polar surface area (TPSA) is 74.6 Å². The molecular formula is C19H18N6O. The van der Waals surface area contributed by atoms with E-state index in [1.54, 1.807) is 6.20 Å². The van der Waals surface area contributed by atoms with E-state index in [2.05, 4.69) is 38.5 Å². The molecule has 7 heteroatoms. The minimum atomic E-state index is 0.471. The van der Waals surface area contributed by atoms with E-state index in [4.69, 9.17) is 4.42 Å². The summed E-state index contributed by atoms with van der Waals surface area (Å²) in [6, 6.07) is 10.2. The number of hydrogen-bond acceptors (Lipinski definition) is 5. The lowest BCUT2D eigenvalue weighted by Gasteiger charge is -2.04. The Hall–Kier alpha value is -3.22. The van der Waals surface area contributed by atoms with Gasteiger partial charge in [-0.05, 0) is 25.0 Å². The van der Waals surface area contributed by atoms with Crippen LogP contribution in [0.15, 0.2) is 53.3 Å². The fourth-order valence-electron chi connectivity index (χ4n) is 3.03. The lowest BCUT2D eigenvalue weighted by atomic mass is 10.1. The Kier molecular flexibility index (Phi) is 3.44. The summed E-state index contributed by atoms with van der Waals surface area (Å²) >= 11 is 0. The van der Waals surface area contributed by atoms with Crippen LogP contribution in [0.2, 0.25) is 0 Å². The van der Waals surface area contributed by atoms with Gasteiger partial charge >= 0.3 is 0 Å². The van der Waals surface area contributed by atoms with Gasteiger partial charge in [-0.2, -0.15) is 5.10 Å². The molecule has 0 N–H and O–H groups in total. The molecule has 0 aliphatic heterocycles. The smallest absolute Gasteiger partial charge is 0.237 e. The van der Waals surface area contributed by atoms with Crippen LogP contribution in [-0.2, 0) is 13.6 Å². The van der Waals surface area contributed by atoms with Gasteiger partial charge in [0.25, 0.3) is 0 Å². The fraction of sp³-hybridized carbons (Fsp3) is 0.263. The monoisotopic (exact) mass is 346 g/mol. The van der Waals surface area contributed by atoms with Crippen LogP contribution < -0.4 is 0 Å². The summed E-state index contributed by atoms with van der Waals surface area (Å²) < 4.78 is 9.54. The van der Waals surface area contributed by atoms with Gasteiger partial charge in [0.05, 0.1) is 5.69 Å². The Morgan fingerprint density at radius 3 is 2.81 bits per heavy atom. The molecule has 5 rings (SSSR count). The zero-order valence-corrected chi connectivity index (χ0v) is 14.4. The van der Waals surface area contributed by atoms with Crippen LogP contribution in [-0.4, -0.2) is 29.5 Å². The van der Waals surface area contributed by atoms with E-state index in [0.29, 0.717) is 18.4 Å². The minimum Gasteiger partial charge on any atom is -0.423 e. The van der Waals surface area contributed by atoms with Gasteiger partial charge in [-0.3, -0.25) is 4.68 Å². The van der Waals surface area contributed by atoms with Crippen molar-refractivity contribution in [1.29, 1.82) is 0 Å². The average Bonchev–Trinajstić information content (AvgIpc) is 3.05. The molecular weight excluding hydrogens is 328 g/mol. The van der Waals surface area contributed by atoms with Crippen molar-refractivity contribution >= 4 is 0 Å². The number of aryl methyl sites for hydroxylation is 1. The molecule has 1 fully saturated rings. The van der Waals surface area contributed by atoms with E-state index >= 15 is 0 Å². The highest BCUT2D eigenvalue weighted by molar-refractivity contribution is 5.67. The van der Waals surface area contributed by atoms with Crippen molar-refractivity contribution in [3.05, 3.63) is 60.7 Å². The lowest BCUT2D eigenvalue weighted by Crippen LogP contribution is -2.00. The molecule has 4 aromatic rings. The summed E-state index contributed by atoms with van der Waals surface area (Å²) in [4.78, 5) is 4.41. The van der Waals surface area contributed by atoms with Crippen LogP contribution in [0.4, 0.5) is 0 Å². The van der Waals surface area contributed by atoms with Gasteiger partial charge in [0, 0.05) is 42.7 Å². The first-order valence-corrected chi connectivity index (χ1v) is 8.70. The highest BCUT2D eigenvalue weighted by atomic mass is 16.4. The Balaban J connectivity index is 1.38. The predicted molar refractivity (Wildman–Crippen MR) is 95.2 cm³/mol. The molecule has 0 atom stereocenters. The molecule has 1 aliphatic carbocycles. The highest BCUT2D eigenvalue weighted by Gasteiger charge is 2.29. The number of hydrogen-bond donors (Lipinski definition) is 0. The molecule has 26 heavy (non-hydrogen) atoms. The largest absolute Gasteiger partial charge is 0.423 e. The number of aromatic nitrogens is 6. The molecule has 7 nitrogen and oxygen atoms in total. The van der Waals surface area contributed by atoms with Crippen LogP contribution >= 0.6 is 0 Å². The van der Waals surface area contributed by atoms with E-state index in [9.17, 15) is 0 Å². The van der Waals surface area contributed by atoms with Crippen molar-refractivity contribution in [1.82, 2.24) is 29.5 Å². The summed E-state index contributed by atoms with van der Waals surface area (Å²) in [5.41, 5.74) is 3.02. The van der Waals surface area contributed by atoms with Gasteiger partial charge in [0.15, 0.2) is 0 Å². The summed E-state index contributed by atoms with van der Waals surface area (Å²) in [7, 11) is 1.99. The molecule has 3 aromatic heterocycles. The van der Waals surface area contributed by atoms with Crippen LogP contribution in [0.5, 0.6) is 0 Å². The number of rotatable bonds is 5. The van der Waals surface area contributed by atoms with Crippen LogP contribution in [0.1, 0.15) is 30.5 Å². The molecule has 0 saturated heterocycles. The van der Waals surface area contributed by atoms with Gasteiger partial charge in [-0.25, -0.2) is 4.98 Å². The maximum absolute atomic E-state index is 5.71. The number of nitrogens with zero attached hydrogens (tertiary/aromatic N) is 6. The first-order valence-electron chi connectivity index (χ1n) is 8.70. The third-order valence-corrected chi connectivity index (χ3v) is 4.58. The molecule has 130 valence electrons. The summed E-state index contributed by atoms with van der Waals surface area (Å²) in [6.45, 7) is 0.485. The average molecular weight is 346 g/mol. The zero-order valence-electron chi connectivity index (χ0n) is 14.4. The maximum Gasteiger partial charge on any atom is 0.237 e. The Morgan fingerprint density at radius 1 is 1.12 bits per heavy atom. The standard InChI is InChI=1S/C19H18N6O/c1-24-10-8-20-18(24)15-4-2-3-14(11-15)16-7-9-25(23-16)12-17-21-22-19(26-17)13-5-6-13/h2-4,7-11,13H,5-6,12H2,1H3. The molecule has 0 bridgehead atoms. The van der Waals surface area contributed by atoms with Gasteiger partial charge in [-0.1, -0.05) is 18.2 Å². The minimum absolute atomic E-state index is 0.471. The van der Waals surface area contributed by atoms with Crippen molar-refractivity contribution in [2.24, 2.45) is 7.05 Å². The summed E-state index contributed by atoms with van der Waals surface area (Å²) in [6.07, 6.45) is 7.98. The van der Waals surface area contributed by atoms with Gasteiger partial charge < -0.3 is 8.98 Å². The van der Waals surface area contributed by atoms with E-state index < -0.39 is 0 Å². The second-order valence-electron chi connectivity index (χ2n) is 6.65. The Morgan fingerprint density at radius 2 is 2.00 bits per heavy atom. The van der Waals surface area contributed by atoms with Gasteiger partial charge in [-0.15, -0.1) is 10.2 Å². The lowest BCUT2D eigenvalue weighted by molar-refractivity contribution is 0.431. The third-order valence-electron chi connectivity index (χ3n) is 4.58. The van der Waals surface area contributed by atoms with Gasteiger partial charge in [0.2, 0.25) is 11.8 Å². The quantitative estimate of drug-likeness (QED) is 0.554. The second-order valence-corrected chi connectivity index (χ2v) is 6.65. The normalized spacial score (nSPS) is 14.0. The molecule has 0 unspecified atom stereocenters. The van der Waals surface area contributed by atoms with Gasteiger partial charge in [0.1, 0.15) is 12.4 Å². The number of imidazole rings is 1. The molecule has 0 amide bonds. The van der Waals surface area contributed by atoms with E-state index in [-0.39, 0.29) is 0 Å². The van der Waals surface area contributed by atoms with Crippen molar-refractivity contribution in [3.8, 4) is 22.6 Å². The van der Waals surface area contributed by atoms with Crippen LogP contribution in [0.25, 0.3) is 22.6 Å². The highest BCUT2D eigenvalue weighted by Crippen LogP contribution is 2.39.